The summed E-state index contributed by atoms with van der Waals surface area (Å²) >= 11 is 0. The van der Waals surface area contributed by atoms with Crippen molar-refractivity contribution in [3.05, 3.63) is 30.1 Å². The van der Waals surface area contributed by atoms with Gasteiger partial charge in [0.1, 0.15) is 0 Å². The number of aromatic amines is 1. The van der Waals surface area contributed by atoms with Crippen LogP contribution in [-0.2, 0) is 0 Å². The zero-order chi connectivity index (χ0) is 18.1. The Balaban J connectivity index is 1.33. The van der Waals surface area contributed by atoms with Crippen LogP contribution in [0.2, 0.25) is 0 Å². The molecule has 138 valence electrons. The monoisotopic (exact) mass is 357 g/mol. The molecule has 8 heteroatoms. The molecule has 1 aromatic heterocycles. The normalized spacial score (nSPS) is 19.8. The number of hydrogen-bond donors (Lipinski definition) is 2. The molecular weight excluding hydrogens is 334 g/mol. The number of rotatable bonds is 2. The van der Waals surface area contributed by atoms with Crippen LogP contribution in [-0.4, -0.2) is 87.1 Å². The number of benzene rings is 1. The lowest BCUT2D eigenvalue weighted by Crippen LogP contribution is -2.54. The number of aromatic nitrogens is 2. The predicted molar refractivity (Wildman–Crippen MR) is 96.2 cm³/mol. The van der Waals surface area contributed by atoms with Gasteiger partial charge in [-0.05, 0) is 31.0 Å². The number of carbonyl (C=O) groups excluding carboxylic acids is 1. The molecule has 2 aliphatic heterocycles. The van der Waals surface area contributed by atoms with Crippen LogP contribution in [0, 0.1) is 0 Å². The van der Waals surface area contributed by atoms with Gasteiger partial charge in [0, 0.05) is 50.9 Å². The fraction of sp³-hybridized carbons (Fsp3) is 0.500. The Kier molecular flexibility index (Phi) is 4.50. The number of amides is 2. The van der Waals surface area contributed by atoms with Gasteiger partial charge < -0.3 is 19.9 Å². The van der Waals surface area contributed by atoms with Gasteiger partial charge in [0.15, 0.2) is 0 Å². The van der Waals surface area contributed by atoms with Gasteiger partial charge in [0.2, 0.25) is 0 Å². The zero-order valence-corrected chi connectivity index (χ0v) is 14.6. The number of nitrogens with one attached hydrogen (secondary N) is 1. The van der Waals surface area contributed by atoms with Gasteiger partial charge >= 0.3 is 6.09 Å². The van der Waals surface area contributed by atoms with Crippen molar-refractivity contribution in [2.75, 3.05) is 39.3 Å². The third-order valence-corrected chi connectivity index (χ3v) is 5.52. The van der Waals surface area contributed by atoms with E-state index in [0.29, 0.717) is 24.7 Å². The van der Waals surface area contributed by atoms with Crippen molar-refractivity contribution in [3.8, 4) is 0 Å². The third kappa shape index (κ3) is 3.24. The number of nitrogens with zero attached hydrogens (tertiary/aromatic N) is 4. The first-order valence-electron chi connectivity index (χ1n) is 9.06. The molecule has 0 saturated carbocycles. The van der Waals surface area contributed by atoms with Gasteiger partial charge in [-0.15, -0.1) is 0 Å². The number of imidazole rings is 1. The van der Waals surface area contributed by atoms with Crippen molar-refractivity contribution in [3.63, 3.8) is 0 Å². The average molecular weight is 357 g/mol. The largest absolute Gasteiger partial charge is 0.465 e. The van der Waals surface area contributed by atoms with E-state index in [2.05, 4.69) is 14.9 Å². The molecule has 0 spiro atoms. The van der Waals surface area contributed by atoms with Gasteiger partial charge in [0.05, 0.1) is 17.4 Å². The number of fused-ring (bicyclic) bond motifs is 1. The summed E-state index contributed by atoms with van der Waals surface area (Å²) in [6.07, 6.45) is 2.67. The molecule has 8 nitrogen and oxygen atoms in total. The molecule has 26 heavy (non-hydrogen) atoms. The lowest BCUT2D eigenvalue weighted by atomic mass is 10.0. The number of carbonyl (C=O) groups is 2. The van der Waals surface area contributed by atoms with Crippen molar-refractivity contribution in [2.45, 2.75) is 18.9 Å². The fourth-order valence-corrected chi connectivity index (χ4v) is 3.96. The Morgan fingerprint density at radius 1 is 1.04 bits per heavy atom. The van der Waals surface area contributed by atoms with E-state index in [0.717, 1.165) is 50.1 Å². The molecule has 0 radical (unpaired) electrons. The van der Waals surface area contributed by atoms with Gasteiger partial charge in [-0.2, -0.15) is 0 Å². The number of H-pyrrole nitrogens is 1. The summed E-state index contributed by atoms with van der Waals surface area (Å²) in [4.78, 5) is 36.8. The summed E-state index contributed by atoms with van der Waals surface area (Å²) in [5.74, 6) is 0.0593. The Labute approximate surface area is 151 Å². The standard InChI is InChI=1S/C18H23N5O3/c24-17(13-1-2-15-16(11-13)20-12-19-15)22-5-3-14(4-6-22)21-7-9-23(10-8-21)18(25)26/h1-2,11-12,14H,3-10H2,(H,19,20)(H,25,26). The molecule has 2 aliphatic rings. The molecule has 1 aromatic carbocycles. The van der Waals surface area contributed by atoms with Crippen molar-refractivity contribution in [1.82, 2.24) is 24.7 Å². The van der Waals surface area contributed by atoms with Crippen molar-refractivity contribution in [1.29, 1.82) is 0 Å². The molecule has 0 unspecified atom stereocenters. The summed E-state index contributed by atoms with van der Waals surface area (Å²) in [5, 5.41) is 9.05. The molecular formula is C18H23N5O3. The maximum Gasteiger partial charge on any atom is 0.407 e. The molecule has 2 amide bonds. The second kappa shape index (κ2) is 6.95. The number of hydrogen-bond acceptors (Lipinski definition) is 4. The number of likely N-dealkylation sites (tertiary alicyclic amines) is 1. The summed E-state index contributed by atoms with van der Waals surface area (Å²) in [7, 11) is 0. The van der Waals surface area contributed by atoms with Crippen LogP contribution < -0.4 is 0 Å². The SMILES string of the molecule is O=C(O)N1CCN(C2CCN(C(=O)c3ccc4[nH]cnc4c3)CC2)CC1. The van der Waals surface area contributed by atoms with Crippen LogP contribution >= 0.6 is 0 Å². The molecule has 0 aliphatic carbocycles. The predicted octanol–water partition coefficient (Wildman–Crippen LogP) is 1.46. The summed E-state index contributed by atoms with van der Waals surface area (Å²) in [6.45, 7) is 4.17. The average Bonchev–Trinajstić information content (AvgIpc) is 3.15. The van der Waals surface area contributed by atoms with Crippen LogP contribution in [0.25, 0.3) is 11.0 Å². The molecule has 0 bridgehead atoms. The van der Waals surface area contributed by atoms with E-state index >= 15 is 0 Å². The van der Waals surface area contributed by atoms with Crippen LogP contribution in [0.3, 0.4) is 0 Å². The van der Waals surface area contributed by atoms with Crippen molar-refractivity contribution >= 4 is 23.0 Å². The lowest BCUT2D eigenvalue weighted by Gasteiger charge is -2.42. The van der Waals surface area contributed by atoms with Gasteiger partial charge in [-0.1, -0.05) is 0 Å². The van der Waals surface area contributed by atoms with Gasteiger partial charge in [-0.25, -0.2) is 9.78 Å². The highest BCUT2D eigenvalue weighted by atomic mass is 16.4. The molecule has 4 rings (SSSR count). The molecule has 0 atom stereocenters. The second-order valence-corrected chi connectivity index (χ2v) is 6.96. The Morgan fingerprint density at radius 3 is 2.46 bits per heavy atom. The first-order valence-corrected chi connectivity index (χ1v) is 9.06. The quantitative estimate of drug-likeness (QED) is 0.849. The number of piperidine rings is 1. The highest BCUT2D eigenvalue weighted by Crippen LogP contribution is 2.21. The molecule has 2 N–H and O–H groups in total. The maximum atomic E-state index is 12.8. The van der Waals surface area contributed by atoms with Crippen molar-refractivity contribution in [2.24, 2.45) is 0 Å². The second-order valence-electron chi connectivity index (χ2n) is 6.96. The summed E-state index contributed by atoms with van der Waals surface area (Å²) in [6, 6.07) is 6.01. The minimum Gasteiger partial charge on any atom is -0.465 e. The van der Waals surface area contributed by atoms with Crippen LogP contribution in [0.4, 0.5) is 4.79 Å². The van der Waals surface area contributed by atoms with Crippen LogP contribution in [0.5, 0.6) is 0 Å². The van der Waals surface area contributed by atoms with E-state index in [4.69, 9.17) is 5.11 Å². The Bertz CT molecular complexity index is 804. The summed E-state index contributed by atoms with van der Waals surface area (Å²) in [5.41, 5.74) is 2.42. The van der Waals surface area contributed by atoms with E-state index in [-0.39, 0.29) is 5.91 Å². The molecule has 3 heterocycles. The first kappa shape index (κ1) is 16.8. The Hall–Kier alpha value is -2.61. The van der Waals surface area contributed by atoms with E-state index in [9.17, 15) is 9.59 Å². The van der Waals surface area contributed by atoms with Crippen LogP contribution in [0.1, 0.15) is 23.2 Å². The Morgan fingerprint density at radius 2 is 1.77 bits per heavy atom. The molecule has 2 fully saturated rings. The molecule has 2 saturated heterocycles. The summed E-state index contributed by atoms with van der Waals surface area (Å²) < 4.78 is 0. The van der Waals surface area contributed by atoms with E-state index in [1.807, 2.05) is 23.1 Å². The zero-order valence-electron chi connectivity index (χ0n) is 14.6. The minimum absolute atomic E-state index is 0.0593. The topological polar surface area (TPSA) is 92.8 Å². The fourth-order valence-electron chi connectivity index (χ4n) is 3.96. The minimum atomic E-state index is -0.834. The van der Waals surface area contributed by atoms with Crippen molar-refractivity contribution < 1.29 is 14.7 Å². The number of carboxylic acid groups (broad SMARTS) is 1. The smallest absolute Gasteiger partial charge is 0.407 e. The third-order valence-electron chi connectivity index (χ3n) is 5.52. The van der Waals surface area contributed by atoms with E-state index < -0.39 is 6.09 Å². The highest BCUT2D eigenvalue weighted by Gasteiger charge is 2.30. The highest BCUT2D eigenvalue weighted by molar-refractivity contribution is 5.97. The lowest BCUT2D eigenvalue weighted by molar-refractivity contribution is 0.0477. The van der Waals surface area contributed by atoms with Gasteiger partial charge in [0.25, 0.3) is 5.91 Å². The molecule has 2 aromatic rings. The van der Waals surface area contributed by atoms with Gasteiger partial charge in [-0.3, -0.25) is 9.69 Å². The van der Waals surface area contributed by atoms with E-state index in [1.165, 1.54) is 4.90 Å². The first-order chi connectivity index (χ1) is 12.6. The maximum absolute atomic E-state index is 12.8. The number of piperazine rings is 1. The van der Waals surface area contributed by atoms with E-state index in [1.54, 1.807) is 6.33 Å². The van der Waals surface area contributed by atoms with Crippen LogP contribution in [0.15, 0.2) is 24.5 Å².